The van der Waals surface area contributed by atoms with E-state index in [1.807, 2.05) is 0 Å². The van der Waals surface area contributed by atoms with Crippen molar-refractivity contribution in [1.29, 1.82) is 0 Å². The Morgan fingerprint density at radius 2 is 0.971 bits per heavy atom. The van der Waals surface area contributed by atoms with Crippen LogP contribution in [0.3, 0.4) is 0 Å². The van der Waals surface area contributed by atoms with Crippen LogP contribution in [0.15, 0.2) is 24.3 Å². The number of hydrogen-bond acceptors (Lipinski definition) is 5. The van der Waals surface area contributed by atoms with Gasteiger partial charge in [-0.25, -0.2) is 16.8 Å². The zero-order chi connectivity index (χ0) is 26.4. The highest BCUT2D eigenvalue weighted by Crippen LogP contribution is 2.18. The molecule has 0 aliphatic heterocycles. The summed E-state index contributed by atoms with van der Waals surface area (Å²) < 4.78 is 45.4. The lowest BCUT2D eigenvalue weighted by Gasteiger charge is -2.13. The maximum Gasteiger partial charge on any atom is 0.164 e. The molecule has 0 bridgehead atoms. The van der Waals surface area contributed by atoms with Crippen LogP contribution in [0.4, 0.5) is 0 Å². The summed E-state index contributed by atoms with van der Waals surface area (Å²) in [5.41, 5.74) is 6.26. The van der Waals surface area contributed by atoms with Gasteiger partial charge in [-0.05, 0) is 51.4 Å². The molecule has 0 aliphatic carbocycles. The summed E-state index contributed by atoms with van der Waals surface area (Å²) in [5.74, 6) is 0. The SMILES string of the molecule is CCCCC/C=C/C/C=C/CCCCCCCC(N)CCCCCCCC(S(C)(=O)=O)S(C)(=O)=O. The minimum Gasteiger partial charge on any atom is -0.328 e. The quantitative estimate of drug-likeness (QED) is 0.104. The Morgan fingerprint density at radius 3 is 1.43 bits per heavy atom. The van der Waals surface area contributed by atoms with Crippen LogP contribution in [-0.2, 0) is 19.7 Å². The van der Waals surface area contributed by atoms with Crippen LogP contribution in [0.5, 0.6) is 0 Å². The molecular weight excluding hydrogens is 478 g/mol. The highest BCUT2D eigenvalue weighted by molar-refractivity contribution is 8.08. The molecule has 0 aromatic rings. The summed E-state index contributed by atoms with van der Waals surface area (Å²) in [6.07, 6.45) is 31.9. The lowest BCUT2D eigenvalue weighted by atomic mass is 10.0. The maximum atomic E-state index is 11.7. The summed E-state index contributed by atoms with van der Waals surface area (Å²) in [6, 6.07) is 0.271. The second-order valence-electron chi connectivity index (χ2n) is 10.2. The third-order valence-corrected chi connectivity index (χ3v) is 11.0. The molecule has 0 amide bonds. The van der Waals surface area contributed by atoms with Gasteiger partial charge < -0.3 is 5.73 Å². The molecule has 0 fully saturated rings. The number of hydrogen-bond donors (Lipinski definition) is 1. The average molecular weight is 534 g/mol. The van der Waals surface area contributed by atoms with Crippen molar-refractivity contribution in [2.45, 2.75) is 140 Å². The lowest BCUT2D eigenvalue weighted by Crippen LogP contribution is -2.28. The number of allylic oxidation sites excluding steroid dienone is 4. The Morgan fingerprint density at radius 1 is 0.571 bits per heavy atom. The first-order chi connectivity index (χ1) is 16.6. The van der Waals surface area contributed by atoms with Crippen LogP contribution >= 0.6 is 0 Å². The summed E-state index contributed by atoms with van der Waals surface area (Å²) in [5, 5.41) is 0. The standard InChI is InChI=1S/C28H55NO4S2/c1-4-5-6-7-8-9-10-11-12-13-14-15-16-18-21-24-27(29)25-22-19-17-20-23-26-28(34(2,30)31)35(3,32)33/h8-9,11-12,27-28H,4-7,10,13-26,29H2,1-3H3/b9-8+,12-11+. The van der Waals surface area contributed by atoms with E-state index in [-0.39, 0.29) is 12.5 Å². The van der Waals surface area contributed by atoms with Gasteiger partial charge in [-0.2, -0.15) is 0 Å². The van der Waals surface area contributed by atoms with Gasteiger partial charge in [0.2, 0.25) is 0 Å². The van der Waals surface area contributed by atoms with Gasteiger partial charge in [-0.1, -0.05) is 102 Å². The smallest absolute Gasteiger partial charge is 0.164 e. The highest BCUT2D eigenvalue weighted by atomic mass is 32.3. The van der Waals surface area contributed by atoms with Gasteiger partial charge in [0.15, 0.2) is 24.3 Å². The molecular formula is C28H55NO4S2. The molecule has 7 heteroatoms. The monoisotopic (exact) mass is 533 g/mol. The molecule has 2 N–H and O–H groups in total. The summed E-state index contributed by atoms with van der Waals surface area (Å²) >= 11 is 0. The molecule has 0 aromatic heterocycles. The first-order valence-corrected chi connectivity index (χ1v) is 17.9. The normalized spacial score (nSPS) is 14.0. The van der Waals surface area contributed by atoms with Crippen molar-refractivity contribution in [2.24, 2.45) is 5.73 Å². The van der Waals surface area contributed by atoms with Crippen molar-refractivity contribution in [2.75, 3.05) is 12.5 Å². The van der Waals surface area contributed by atoms with E-state index in [0.717, 1.165) is 57.5 Å². The molecule has 0 aromatic carbocycles. The predicted octanol–water partition coefficient (Wildman–Crippen LogP) is 7.27. The molecule has 0 saturated carbocycles. The molecule has 1 unspecified atom stereocenters. The van der Waals surface area contributed by atoms with E-state index in [9.17, 15) is 16.8 Å². The predicted molar refractivity (Wildman–Crippen MR) is 153 cm³/mol. The third kappa shape index (κ3) is 22.3. The van der Waals surface area contributed by atoms with Crippen LogP contribution in [0.1, 0.15) is 129 Å². The van der Waals surface area contributed by atoms with Gasteiger partial charge in [-0.3, -0.25) is 0 Å². The van der Waals surface area contributed by atoms with E-state index in [0.29, 0.717) is 6.42 Å². The minimum atomic E-state index is -3.57. The molecule has 0 radical (unpaired) electrons. The first-order valence-electron chi connectivity index (χ1n) is 14.0. The fourth-order valence-corrected chi connectivity index (χ4v) is 8.09. The van der Waals surface area contributed by atoms with E-state index in [1.54, 1.807) is 0 Å². The zero-order valence-electron chi connectivity index (χ0n) is 22.9. The van der Waals surface area contributed by atoms with Crippen molar-refractivity contribution in [1.82, 2.24) is 0 Å². The Kier molecular flexibility index (Phi) is 21.0. The molecule has 0 heterocycles. The average Bonchev–Trinajstić information content (AvgIpc) is 2.76. The molecule has 0 saturated heterocycles. The number of unbranched alkanes of at least 4 members (excludes halogenated alkanes) is 12. The van der Waals surface area contributed by atoms with E-state index in [4.69, 9.17) is 5.73 Å². The van der Waals surface area contributed by atoms with Gasteiger partial charge >= 0.3 is 0 Å². The summed E-state index contributed by atoms with van der Waals surface area (Å²) in [4.78, 5) is 0. The second-order valence-corrected chi connectivity index (χ2v) is 15.0. The number of rotatable bonds is 24. The Bertz CT molecular complexity index is 726. The molecule has 208 valence electrons. The van der Waals surface area contributed by atoms with Gasteiger partial charge in [0.25, 0.3) is 0 Å². The fraction of sp³-hybridized carbons (Fsp3) is 0.857. The Hall–Kier alpha value is -0.660. The number of sulfone groups is 2. The Balaban J connectivity index is 3.55. The van der Waals surface area contributed by atoms with Crippen molar-refractivity contribution in [3.63, 3.8) is 0 Å². The topological polar surface area (TPSA) is 94.3 Å². The fourth-order valence-electron chi connectivity index (χ4n) is 4.36. The molecule has 35 heavy (non-hydrogen) atoms. The van der Waals surface area contributed by atoms with Gasteiger partial charge in [0.05, 0.1) is 0 Å². The minimum absolute atomic E-state index is 0.198. The highest BCUT2D eigenvalue weighted by Gasteiger charge is 2.30. The van der Waals surface area contributed by atoms with Crippen LogP contribution in [0.2, 0.25) is 0 Å². The molecule has 1 atom stereocenters. The van der Waals surface area contributed by atoms with Crippen molar-refractivity contribution in [3.05, 3.63) is 24.3 Å². The van der Waals surface area contributed by atoms with Crippen molar-refractivity contribution in [3.8, 4) is 0 Å². The lowest BCUT2D eigenvalue weighted by molar-refractivity contribution is 0.483. The molecule has 5 nitrogen and oxygen atoms in total. The van der Waals surface area contributed by atoms with E-state index in [2.05, 4.69) is 31.2 Å². The summed E-state index contributed by atoms with van der Waals surface area (Å²) in [7, 11) is -7.13. The first kappa shape index (κ1) is 34.3. The van der Waals surface area contributed by atoms with Crippen LogP contribution < -0.4 is 5.73 Å². The Labute approximate surface area is 218 Å². The maximum absolute atomic E-state index is 11.7. The largest absolute Gasteiger partial charge is 0.328 e. The van der Waals surface area contributed by atoms with E-state index < -0.39 is 24.3 Å². The van der Waals surface area contributed by atoms with Crippen molar-refractivity contribution >= 4 is 19.7 Å². The van der Waals surface area contributed by atoms with Crippen LogP contribution in [-0.4, -0.2) is 40.0 Å². The van der Waals surface area contributed by atoms with Gasteiger partial charge in [0.1, 0.15) is 0 Å². The van der Waals surface area contributed by atoms with Crippen molar-refractivity contribution < 1.29 is 16.8 Å². The van der Waals surface area contributed by atoms with E-state index >= 15 is 0 Å². The van der Waals surface area contributed by atoms with Gasteiger partial charge in [-0.15, -0.1) is 0 Å². The third-order valence-electron chi connectivity index (χ3n) is 6.50. The molecule has 0 aliphatic rings. The zero-order valence-corrected chi connectivity index (χ0v) is 24.6. The molecule has 0 spiro atoms. The van der Waals surface area contributed by atoms with Crippen LogP contribution in [0, 0.1) is 0 Å². The number of nitrogens with two attached hydrogens (primary N) is 1. The van der Waals surface area contributed by atoms with Crippen LogP contribution in [0.25, 0.3) is 0 Å². The second kappa shape index (κ2) is 21.4. The van der Waals surface area contributed by atoms with E-state index in [1.165, 1.54) is 64.2 Å². The molecule has 0 rings (SSSR count). The van der Waals surface area contributed by atoms with Gasteiger partial charge in [0, 0.05) is 18.6 Å². The summed E-state index contributed by atoms with van der Waals surface area (Å²) in [6.45, 7) is 2.24.